The monoisotopic (exact) mass is 545 g/mol. The maximum Gasteiger partial charge on any atom is 0.417 e. The summed E-state index contributed by atoms with van der Waals surface area (Å²) in [6, 6.07) is 4.93. The molecule has 2 aromatic rings. The lowest BCUT2D eigenvalue weighted by Gasteiger charge is -2.23. The Balaban J connectivity index is 1.84. The Bertz CT molecular complexity index is 1210. The summed E-state index contributed by atoms with van der Waals surface area (Å²) in [6.07, 6.45) is -6.91. The zero-order chi connectivity index (χ0) is 28.3. The average Bonchev–Trinajstić information content (AvgIpc) is 3.30. The van der Waals surface area contributed by atoms with Crippen molar-refractivity contribution in [3.05, 3.63) is 70.8 Å². The number of rotatable bonds is 8. The minimum atomic E-state index is -5.19. The Hall–Kier alpha value is -3.70. The van der Waals surface area contributed by atoms with Crippen LogP contribution in [0.3, 0.4) is 0 Å². The van der Waals surface area contributed by atoms with Gasteiger partial charge < -0.3 is 19.5 Å². The van der Waals surface area contributed by atoms with E-state index in [2.05, 4.69) is 5.32 Å². The largest absolute Gasteiger partial charge is 0.493 e. The van der Waals surface area contributed by atoms with Crippen LogP contribution in [0.4, 0.5) is 26.3 Å². The Morgan fingerprint density at radius 3 is 2.21 bits per heavy atom. The summed E-state index contributed by atoms with van der Waals surface area (Å²) in [4.78, 5) is 25.6. The Morgan fingerprint density at radius 2 is 1.63 bits per heavy atom. The fourth-order valence-corrected chi connectivity index (χ4v) is 4.32. The van der Waals surface area contributed by atoms with Crippen LogP contribution in [0.25, 0.3) is 0 Å². The number of amides is 1. The number of esters is 1. The number of ether oxygens (including phenoxy) is 3. The topological polar surface area (TPSA) is 73.9 Å². The van der Waals surface area contributed by atoms with E-state index in [-0.39, 0.29) is 19.1 Å². The van der Waals surface area contributed by atoms with E-state index in [1.54, 1.807) is 31.2 Å². The molecule has 1 aliphatic carbocycles. The molecule has 0 unspecified atom stereocenters. The highest BCUT2D eigenvalue weighted by atomic mass is 19.4. The molecule has 0 saturated carbocycles. The first-order valence-corrected chi connectivity index (χ1v) is 11.5. The highest BCUT2D eigenvalue weighted by Crippen LogP contribution is 2.40. The summed E-state index contributed by atoms with van der Waals surface area (Å²) in [7, 11) is 2.88. The molecule has 206 valence electrons. The molecular formula is C26H25F6NO5. The Morgan fingerprint density at radius 1 is 0.947 bits per heavy atom. The molecule has 12 heteroatoms. The molecule has 3 rings (SSSR count). The van der Waals surface area contributed by atoms with Crippen LogP contribution in [0.1, 0.15) is 46.3 Å². The zero-order valence-electron chi connectivity index (χ0n) is 20.6. The molecule has 0 fully saturated rings. The van der Waals surface area contributed by atoms with Crippen molar-refractivity contribution < 1.29 is 50.1 Å². The number of methoxy groups -OCH3 is 2. The van der Waals surface area contributed by atoms with Gasteiger partial charge in [-0.05, 0) is 55.2 Å². The molecule has 6 nitrogen and oxygen atoms in total. The van der Waals surface area contributed by atoms with Crippen molar-refractivity contribution in [2.45, 2.75) is 37.7 Å². The van der Waals surface area contributed by atoms with Crippen molar-refractivity contribution in [1.82, 2.24) is 5.32 Å². The van der Waals surface area contributed by atoms with Crippen molar-refractivity contribution >= 4 is 11.9 Å². The third kappa shape index (κ3) is 6.40. The minimum Gasteiger partial charge on any atom is -0.493 e. The maximum atomic E-state index is 13.5. The Labute approximate surface area is 214 Å². The minimum absolute atomic E-state index is 0.0872. The van der Waals surface area contributed by atoms with E-state index in [9.17, 15) is 35.9 Å². The summed E-state index contributed by atoms with van der Waals surface area (Å²) >= 11 is 0. The maximum absolute atomic E-state index is 13.5. The molecule has 1 amide bonds. The summed E-state index contributed by atoms with van der Waals surface area (Å²) in [5.41, 5.74) is -3.62. The van der Waals surface area contributed by atoms with E-state index in [0.717, 1.165) is 0 Å². The number of carbonyl (C=O) groups excluding carboxylic acids is 2. The highest BCUT2D eigenvalue weighted by Gasteiger charge is 2.40. The SMILES string of the molecule is CCOC(=O)[C@H](c1ccc(OC)c(OC)c1)[C@H]1C=C[C@H](NC(=O)c2ccc(C(F)(F)F)cc2C(F)(F)F)C1. The number of benzene rings is 2. The number of hydrogen-bond donors (Lipinski definition) is 1. The number of halogens is 6. The summed E-state index contributed by atoms with van der Waals surface area (Å²) in [6.45, 7) is 1.74. The summed E-state index contributed by atoms with van der Waals surface area (Å²) in [5, 5.41) is 2.41. The van der Waals surface area contributed by atoms with Gasteiger partial charge in [0.2, 0.25) is 0 Å². The van der Waals surface area contributed by atoms with Crippen molar-refractivity contribution in [2.75, 3.05) is 20.8 Å². The first-order valence-electron chi connectivity index (χ1n) is 11.5. The molecule has 1 aliphatic rings. The molecule has 0 radical (unpaired) electrons. The van der Waals surface area contributed by atoms with Gasteiger partial charge in [-0.15, -0.1) is 0 Å². The predicted molar refractivity (Wildman–Crippen MR) is 124 cm³/mol. The zero-order valence-corrected chi connectivity index (χ0v) is 20.6. The number of carbonyl (C=O) groups is 2. The van der Waals surface area contributed by atoms with E-state index < -0.39 is 58.8 Å². The van der Waals surface area contributed by atoms with E-state index in [0.29, 0.717) is 29.2 Å². The fourth-order valence-electron chi connectivity index (χ4n) is 4.32. The van der Waals surface area contributed by atoms with E-state index >= 15 is 0 Å². The van der Waals surface area contributed by atoms with Crippen LogP contribution in [0, 0.1) is 5.92 Å². The van der Waals surface area contributed by atoms with Crippen LogP contribution in [0.15, 0.2) is 48.6 Å². The molecule has 0 aliphatic heterocycles. The van der Waals surface area contributed by atoms with Gasteiger partial charge in [0.15, 0.2) is 11.5 Å². The molecular weight excluding hydrogens is 520 g/mol. The lowest BCUT2D eigenvalue weighted by atomic mass is 9.85. The third-order valence-corrected chi connectivity index (χ3v) is 6.07. The van der Waals surface area contributed by atoms with Crippen LogP contribution in [-0.4, -0.2) is 38.7 Å². The van der Waals surface area contributed by atoms with Crippen molar-refractivity contribution in [1.29, 1.82) is 0 Å². The lowest BCUT2D eigenvalue weighted by Crippen LogP contribution is -2.35. The number of alkyl halides is 6. The van der Waals surface area contributed by atoms with Crippen LogP contribution < -0.4 is 14.8 Å². The van der Waals surface area contributed by atoms with Crippen molar-refractivity contribution in [3.63, 3.8) is 0 Å². The number of allylic oxidation sites excluding steroid dienone is 1. The normalized spacial score (nSPS) is 18.1. The van der Waals surface area contributed by atoms with Gasteiger partial charge in [0, 0.05) is 6.04 Å². The van der Waals surface area contributed by atoms with Gasteiger partial charge in [0.25, 0.3) is 5.91 Å². The van der Waals surface area contributed by atoms with Crippen molar-refractivity contribution in [3.8, 4) is 11.5 Å². The van der Waals surface area contributed by atoms with Gasteiger partial charge >= 0.3 is 18.3 Å². The molecule has 3 atom stereocenters. The molecule has 0 bridgehead atoms. The molecule has 0 heterocycles. The van der Waals surface area contributed by atoms with Gasteiger partial charge in [-0.3, -0.25) is 9.59 Å². The van der Waals surface area contributed by atoms with Crippen LogP contribution in [-0.2, 0) is 21.9 Å². The first kappa shape index (κ1) is 28.9. The summed E-state index contributed by atoms with van der Waals surface area (Å²) in [5.74, 6) is -2.28. The molecule has 0 saturated heterocycles. The molecule has 38 heavy (non-hydrogen) atoms. The van der Waals surface area contributed by atoms with Crippen LogP contribution in [0.5, 0.6) is 11.5 Å². The molecule has 0 aromatic heterocycles. The smallest absolute Gasteiger partial charge is 0.417 e. The average molecular weight is 545 g/mol. The van der Waals surface area contributed by atoms with Gasteiger partial charge in [0.05, 0.1) is 43.4 Å². The van der Waals surface area contributed by atoms with E-state index in [1.807, 2.05) is 0 Å². The van der Waals surface area contributed by atoms with Crippen molar-refractivity contribution in [2.24, 2.45) is 5.92 Å². The fraction of sp³-hybridized carbons (Fsp3) is 0.385. The Kier molecular flexibility index (Phi) is 8.63. The van der Waals surface area contributed by atoms with E-state index in [1.165, 1.54) is 20.3 Å². The van der Waals surface area contributed by atoms with Crippen LogP contribution >= 0.6 is 0 Å². The predicted octanol–water partition coefficient (Wildman–Crippen LogP) is 5.76. The molecule has 0 spiro atoms. The van der Waals surface area contributed by atoms with E-state index in [4.69, 9.17) is 14.2 Å². The lowest BCUT2D eigenvalue weighted by molar-refractivity contribution is -0.146. The van der Waals surface area contributed by atoms with Gasteiger partial charge in [-0.2, -0.15) is 26.3 Å². The molecule has 1 N–H and O–H groups in total. The second-order valence-corrected chi connectivity index (χ2v) is 8.46. The first-order chi connectivity index (χ1) is 17.8. The van der Waals surface area contributed by atoms with Crippen LogP contribution in [0.2, 0.25) is 0 Å². The molecule has 2 aromatic carbocycles. The van der Waals surface area contributed by atoms with Gasteiger partial charge in [0.1, 0.15) is 0 Å². The quantitative estimate of drug-likeness (QED) is 0.259. The van der Waals surface area contributed by atoms with Gasteiger partial charge in [-0.1, -0.05) is 18.2 Å². The third-order valence-electron chi connectivity index (χ3n) is 6.07. The standard InChI is InChI=1S/C26H25F6NO5/c1-4-38-24(35)22(15-6-10-20(36-2)21(12-15)37-3)14-5-8-17(11-14)33-23(34)18-9-7-16(25(27,28)29)13-19(18)26(30,31)32/h5-10,12-14,17,22H,4,11H2,1-3H3,(H,33,34)/t14-,17-,22-/m0/s1. The highest BCUT2D eigenvalue weighted by molar-refractivity contribution is 5.96. The second-order valence-electron chi connectivity index (χ2n) is 8.46. The summed E-state index contributed by atoms with van der Waals surface area (Å²) < 4.78 is 95.1. The second kappa shape index (κ2) is 11.4. The number of hydrogen-bond acceptors (Lipinski definition) is 5. The van der Waals surface area contributed by atoms with Gasteiger partial charge in [-0.25, -0.2) is 0 Å². The number of nitrogens with one attached hydrogen (secondary N) is 1.